The first-order chi connectivity index (χ1) is 8.13. The third kappa shape index (κ3) is 2.79. The molecule has 0 saturated carbocycles. The zero-order valence-corrected chi connectivity index (χ0v) is 12.3. The first-order valence-corrected chi connectivity index (χ1v) is 7.56. The van der Waals surface area contributed by atoms with Crippen LogP contribution in [0.3, 0.4) is 0 Å². The van der Waals surface area contributed by atoms with Crippen molar-refractivity contribution in [2.75, 3.05) is 14.1 Å². The van der Waals surface area contributed by atoms with Gasteiger partial charge >= 0.3 is 113 Å². The van der Waals surface area contributed by atoms with Gasteiger partial charge in [-0.2, -0.15) is 0 Å². The summed E-state index contributed by atoms with van der Waals surface area (Å²) in [6, 6.07) is 10.9. The van der Waals surface area contributed by atoms with E-state index >= 15 is 0 Å². The molecule has 0 N–H and O–H groups in total. The number of nitrogens with zero attached hydrogens (tertiary/aromatic N) is 1. The van der Waals surface area contributed by atoms with Gasteiger partial charge in [0.05, 0.1) is 0 Å². The fourth-order valence-corrected chi connectivity index (χ4v) is 4.49. The van der Waals surface area contributed by atoms with E-state index in [0.717, 1.165) is 6.42 Å². The van der Waals surface area contributed by atoms with Gasteiger partial charge in [-0.15, -0.1) is 0 Å². The Labute approximate surface area is 113 Å². The van der Waals surface area contributed by atoms with Gasteiger partial charge in [-0.3, -0.25) is 0 Å². The van der Waals surface area contributed by atoms with Gasteiger partial charge in [0.25, 0.3) is 0 Å². The maximum atomic E-state index is 2.38. The number of hydrogen-bond donors (Lipinski definition) is 0. The quantitative estimate of drug-likeness (QED) is 0.751. The Hall–Kier alpha value is -0.626. The Morgan fingerprint density at radius 1 is 1.18 bits per heavy atom. The summed E-state index contributed by atoms with van der Waals surface area (Å²) >= 11 is -0.175. The van der Waals surface area contributed by atoms with Gasteiger partial charge in [0.15, 0.2) is 0 Å². The Morgan fingerprint density at radius 2 is 1.88 bits per heavy atom. The predicted molar refractivity (Wildman–Crippen MR) is 69.3 cm³/mol. The fraction of sp³-hybridized carbons (Fsp3) is 0.333. The van der Waals surface area contributed by atoms with Crippen LogP contribution in [0, 0.1) is 0 Å². The molecule has 1 nitrogen and oxygen atoms in total. The van der Waals surface area contributed by atoms with Crippen LogP contribution < -0.4 is 0 Å². The minimum absolute atomic E-state index is 0.175. The summed E-state index contributed by atoms with van der Waals surface area (Å²) in [5.41, 5.74) is 1.44. The Balaban J connectivity index is 2.26. The Bertz CT molecular complexity index is 433. The molecule has 0 saturated heterocycles. The molecule has 1 aliphatic carbocycles. The van der Waals surface area contributed by atoms with Crippen LogP contribution in [0.2, 0.25) is 0 Å². The Morgan fingerprint density at radius 3 is 2.41 bits per heavy atom. The van der Waals surface area contributed by atoms with E-state index < -0.39 is 0 Å². The van der Waals surface area contributed by atoms with E-state index in [1.54, 1.807) is 3.88 Å². The van der Waals surface area contributed by atoms with E-state index in [2.05, 4.69) is 74.5 Å². The summed E-state index contributed by atoms with van der Waals surface area (Å²) < 4.78 is 1.85. The first-order valence-electron chi connectivity index (χ1n) is 6.00. The van der Waals surface area contributed by atoms with Gasteiger partial charge < -0.3 is 0 Å². The zero-order valence-electron chi connectivity index (χ0n) is 10.8. The molecule has 0 amide bonds. The summed E-state index contributed by atoms with van der Waals surface area (Å²) in [6.07, 6.45) is 7.93. The van der Waals surface area contributed by atoms with Gasteiger partial charge in [-0.05, 0) is 0 Å². The third-order valence-corrected chi connectivity index (χ3v) is 6.40. The van der Waals surface area contributed by atoms with Crippen LogP contribution in [0.15, 0.2) is 52.4 Å². The van der Waals surface area contributed by atoms with Crippen molar-refractivity contribution in [3.8, 4) is 0 Å². The third-order valence-electron chi connectivity index (χ3n) is 3.41. The average Bonchev–Trinajstić information content (AvgIpc) is 2.82. The second kappa shape index (κ2) is 5.35. The molecule has 0 aliphatic heterocycles. The number of rotatable bonds is 4. The van der Waals surface area contributed by atoms with E-state index in [1.807, 2.05) is 0 Å². The van der Waals surface area contributed by atoms with Crippen LogP contribution >= 0.6 is 0 Å². The molecule has 1 aliphatic rings. The molecule has 0 aromatic heterocycles. The van der Waals surface area contributed by atoms with Crippen LogP contribution in [0.4, 0.5) is 0 Å². The molecule has 0 fully saturated rings. The monoisotopic (exact) mass is 261 g/mol. The summed E-state index contributed by atoms with van der Waals surface area (Å²) in [6.45, 7) is 2.38. The van der Waals surface area contributed by atoms with Crippen LogP contribution in [-0.2, 0) is 23.0 Å². The van der Waals surface area contributed by atoms with E-state index in [4.69, 9.17) is 0 Å². The van der Waals surface area contributed by atoms with Crippen molar-refractivity contribution in [2.24, 2.45) is 0 Å². The minimum atomic E-state index is -0.175. The van der Waals surface area contributed by atoms with Gasteiger partial charge in [0.2, 0.25) is 0 Å². The van der Waals surface area contributed by atoms with Crippen LogP contribution in [-0.4, -0.2) is 19.0 Å². The van der Waals surface area contributed by atoms with Crippen molar-refractivity contribution < 1.29 is 19.2 Å². The molecule has 0 spiro atoms. The maximum absolute atomic E-state index is 2.38. The topological polar surface area (TPSA) is 3.24 Å². The summed E-state index contributed by atoms with van der Waals surface area (Å²) in [4.78, 5) is 2.38. The molecule has 0 bridgehead atoms. The molecule has 17 heavy (non-hydrogen) atoms. The number of allylic oxidation sites excluding steroid dienone is 4. The van der Waals surface area contributed by atoms with Crippen LogP contribution in [0.5, 0.6) is 0 Å². The van der Waals surface area contributed by atoms with Crippen molar-refractivity contribution in [3.63, 3.8) is 0 Å². The average molecular weight is 261 g/mol. The molecule has 0 radical (unpaired) electrons. The predicted octanol–water partition coefficient (Wildman–Crippen LogP) is 3.35. The fourth-order valence-electron chi connectivity index (χ4n) is 2.06. The SMILES string of the molecule is CN(C)[C](C)([Ti][C]1=CC=CC1)c1ccccc1. The molecule has 1 aromatic rings. The van der Waals surface area contributed by atoms with E-state index in [1.165, 1.54) is 5.56 Å². The van der Waals surface area contributed by atoms with Crippen LogP contribution in [0.25, 0.3) is 0 Å². The summed E-state index contributed by atoms with van der Waals surface area (Å²) in [7, 11) is 4.39. The number of hydrogen-bond acceptors (Lipinski definition) is 1. The van der Waals surface area contributed by atoms with E-state index in [-0.39, 0.29) is 23.0 Å². The summed E-state index contributed by atoms with van der Waals surface area (Å²) in [5.74, 6) is 0. The molecule has 88 valence electrons. The number of benzene rings is 1. The van der Waals surface area contributed by atoms with Gasteiger partial charge in [0, 0.05) is 0 Å². The van der Waals surface area contributed by atoms with Crippen molar-refractivity contribution >= 4 is 0 Å². The van der Waals surface area contributed by atoms with E-state index in [0.29, 0.717) is 0 Å². The van der Waals surface area contributed by atoms with Crippen molar-refractivity contribution in [1.82, 2.24) is 4.90 Å². The molecule has 2 heteroatoms. The second-order valence-electron chi connectivity index (χ2n) is 4.78. The zero-order chi connectivity index (χ0) is 12.3. The standard InChI is InChI=1S/C10H14N.C5H5.Ti/c1-9(11(2)3)10-7-5-4-6-8-10;1-2-4-5-3-1;/h4-8H,1-3H3;1-3H,4H2;. The van der Waals surface area contributed by atoms with Gasteiger partial charge in [0.1, 0.15) is 0 Å². The van der Waals surface area contributed by atoms with Crippen molar-refractivity contribution in [3.05, 3.63) is 58.0 Å². The molecule has 1 unspecified atom stereocenters. The normalized spacial score (nSPS) is 18.0. The van der Waals surface area contributed by atoms with Gasteiger partial charge in [-0.25, -0.2) is 0 Å². The first kappa shape index (κ1) is 12.8. The van der Waals surface area contributed by atoms with Crippen molar-refractivity contribution in [2.45, 2.75) is 17.2 Å². The molecule has 1 atom stereocenters. The molecule has 2 rings (SSSR count). The van der Waals surface area contributed by atoms with Gasteiger partial charge in [-0.1, -0.05) is 0 Å². The van der Waals surface area contributed by atoms with Crippen LogP contribution in [0.1, 0.15) is 18.9 Å². The molecular formula is C15H19NTi. The summed E-state index contributed by atoms with van der Waals surface area (Å²) in [5, 5.41) is 0. The second-order valence-corrected chi connectivity index (χ2v) is 7.70. The molecular weight excluding hydrogens is 242 g/mol. The van der Waals surface area contributed by atoms with E-state index in [9.17, 15) is 0 Å². The Kier molecular flexibility index (Phi) is 4.03. The van der Waals surface area contributed by atoms with Crippen molar-refractivity contribution in [1.29, 1.82) is 0 Å². The molecule has 1 aromatic carbocycles. The molecule has 0 heterocycles.